The van der Waals surface area contributed by atoms with Crippen molar-refractivity contribution >= 4 is 21.8 Å². The smallest absolute Gasteiger partial charge is 0.251 e. The Morgan fingerprint density at radius 1 is 1.39 bits per heavy atom. The molecule has 1 unspecified atom stereocenters. The Morgan fingerprint density at radius 3 is 2.67 bits per heavy atom. The first kappa shape index (κ1) is 15.2. The second-order valence-electron chi connectivity index (χ2n) is 4.78. The molecule has 0 saturated heterocycles. The van der Waals surface area contributed by atoms with Gasteiger partial charge in [0.15, 0.2) is 0 Å². The topological polar surface area (TPSA) is 29.1 Å². The van der Waals surface area contributed by atoms with Crippen LogP contribution in [0.1, 0.15) is 41.3 Å². The number of aryl methyl sites for hydroxylation is 2. The number of rotatable bonds is 6. The van der Waals surface area contributed by atoms with Crippen LogP contribution in [0.5, 0.6) is 0 Å². The molecule has 1 aromatic rings. The van der Waals surface area contributed by atoms with E-state index in [0.717, 1.165) is 35.8 Å². The first-order chi connectivity index (χ1) is 8.58. The predicted octanol–water partition coefficient (Wildman–Crippen LogP) is 3.84. The maximum Gasteiger partial charge on any atom is 0.251 e. The first-order valence-corrected chi connectivity index (χ1v) is 7.62. The Kier molecular flexibility index (Phi) is 6.41. The van der Waals surface area contributed by atoms with Gasteiger partial charge in [-0.25, -0.2) is 0 Å². The molecule has 0 bridgehead atoms. The summed E-state index contributed by atoms with van der Waals surface area (Å²) in [4.78, 5) is 12.1. The molecule has 3 heteroatoms. The van der Waals surface area contributed by atoms with Crippen molar-refractivity contribution in [1.82, 2.24) is 5.32 Å². The van der Waals surface area contributed by atoms with Crippen molar-refractivity contribution < 1.29 is 4.79 Å². The van der Waals surface area contributed by atoms with Crippen LogP contribution >= 0.6 is 15.9 Å². The summed E-state index contributed by atoms with van der Waals surface area (Å²) < 4.78 is 0. The lowest BCUT2D eigenvalue weighted by molar-refractivity contribution is 0.0946. The highest BCUT2D eigenvalue weighted by atomic mass is 79.9. The van der Waals surface area contributed by atoms with Crippen molar-refractivity contribution in [1.29, 1.82) is 0 Å². The molecule has 1 amide bonds. The Labute approximate surface area is 118 Å². The van der Waals surface area contributed by atoms with Gasteiger partial charge in [0.2, 0.25) is 0 Å². The van der Waals surface area contributed by atoms with Gasteiger partial charge in [0.05, 0.1) is 0 Å². The predicted molar refractivity (Wildman–Crippen MR) is 80.4 cm³/mol. The van der Waals surface area contributed by atoms with Gasteiger partial charge < -0.3 is 5.32 Å². The number of benzene rings is 1. The van der Waals surface area contributed by atoms with Crippen LogP contribution in [0.2, 0.25) is 0 Å². The fourth-order valence-electron chi connectivity index (χ4n) is 2.01. The van der Waals surface area contributed by atoms with Crippen LogP contribution in [0.25, 0.3) is 0 Å². The molecule has 0 saturated carbocycles. The van der Waals surface area contributed by atoms with Gasteiger partial charge >= 0.3 is 0 Å². The lowest BCUT2D eigenvalue weighted by atomic mass is 10.0. The molecule has 0 aliphatic carbocycles. The standard InChI is InChI=1S/C15H22BrNO/c1-4-13(7-8-16)10-17-15(18)14-6-5-11(2)9-12(14)3/h5-6,9,13H,4,7-8,10H2,1-3H3,(H,17,18). The van der Waals surface area contributed by atoms with Crippen molar-refractivity contribution in [3.05, 3.63) is 34.9 Å². The van der Waals surface area contributed by atoms with Gasteiger partial charge in [-0.3, -0.25) is 4.79 Å². The van der Waals surface area contributed by atoms with E-state index in [1.54, 1.807) is 0 Å². The van der Waals surface area contributed by atoms with Crippen molar-refractivity contribution in [3.63, 3.8) is 0 Å². The number of alkyl halides is 1. The Morgan fingerprint density at radius 2 is 2.11 bits per heavy atom. The summed E-state index contributed by atoms with van der Waals surface area (Å²) in [7, 11) is 0. The van der Waals surface area contributed by atoms with E-state index in [1.807, 2.05) is 32.0 Å². The molecule has 1 atom stereocenters. The average Bonchev–Trinajstić information content (AvgIpc) is 2.34. The van der Waals surface area contributed by atoms with Crippen LogP contribution in [-0.2, 0) is 0 Å². The maximum absolute atomic E-state index is 12.1. The van der Waals surface area contributed by atoms with E-state index in [2.05, 4.69) is 28.2 Å². The Balaban J connectivity index is 2.59. The highest BCUT2D eigenvalue weighted by molar-refractivity contribution is 9.09. The normalized spacial score (nSPS) is 12.2. The molecule has 1 rings (SSSR count). The highest BCUT2D eigenvalue weighted by Crippen LogP contribution is 2.12. The van der Waals surface area contributed by atoms with Crippen molar-refractivity contribution in [2.45, 2.75) is 33.6 Å². The minimum atomic E-state index is 0.0422. The quantitative estimate of drug-likeness (QED) is 0.794. The van der Waals surface area contributed by atoms with E-state index in [9.17, 15) is 4.79 Å². The molecule has 0 aliphatic heterocycles. The molecule has 0 fully saturated rings. The molecule has 0 heterocycles. The SMILES string of the molecule is CCC(CCBr)CNC(=O)c1ccc(C)cc1C. The minimum absolute atomic E-state index is 0.0422. The number of carbonyl (C=O) groups excluding carboxylic acids is 1. The Hall–Kier alpha value is -0.830. The van der Waals surface area contributed by atoms with E-state index in [1.165, 1.54) is 5.56 Å². The summed E-state index contributed by atoms with van der Waals surface area (Å²) in [5.74, 6) is 0.597. The molecule has 100 valence electrons. The third kappa shape index (κ3) is 4.45. The van der Waals surface area contributed by atoms with E-state index < -0.39 is 0 Å². The number of hydrogen-bond donors (Lipinski definition) is 1. The van der Waals surface area contributed by atoms with Gasteiger partial charge in [-0.1, -0.05) is 47.0 Å². The van der Waals surface area contributed by atoms with Crippen LogP contribution in [0.4, 0.5) is 0 Å². The zero-order valence-corrected chi connectivity index (χ0v) is 13.0. The summed E-state index contributed by atoms with van der Waals surface area (Å²) in [5.41, 5.74) is 3.02. The van der Waals surface area contributed by atoms with Gasteiger partial charge in [-0.2, -0.15) is 0 Å². The number of carbonyl (C=O) groups is 1. The largest absolute Gasteiger partial charge is 0.352 e. The van der Waals surface area contributed by atoms with Crippen molar-refractivity contribution in [2.24, 2.45) is 5.92 Å². The third-order valence-corrected chi connectivity index (χ3v) is 3.73. The van der Waals surface area contributed by atoms with Gasteiger partial charge in [-0.05, 0) is 37.8 Å². The molecule has 2 nitrogen and oxygen atoms in total. The lowest BCUT2D eigenvalue weighted by Gasteiger charge is -2.15. The van der Waals surface area contributed by atoms with Crippen LogP contribution in [-0.4, -0.2) is 17.8 Å². The van der Waals surface area contributed by atoms with Gasteiger partial charge in [0.1, 0.15) is 0 Å². The molecule has 1 aromatic carbocycles. The van der Waals surface area contributed by atoms with Crippen LogP contribution in [0.3, 0.4) is 0 Å². The summed E-state index contributed by atoms with van der Waals surface area (Å²) in [6.07, 6.45) is 2.20. The van der Waals surface area contributed by atoms with Gasteiger partial charge in [-0.15, -0.1) is 0 Å². The van der Waals surface area contributed by atoms with Gasteiger partial charge in [0, 0.05) is 17.4 Å². The number of halogens is 1. The van der Waals surface area contributed by atoms with Crippen LogP contribution in [0.15, 0.2) is 18.2 Å². The first-order valence-electron chi connectivity index (χ1n) is 6.49. The summed E-state index contributed by atoms with van der Waals surface area (Å²) in [6.45, 7) is 6.94. The second kappa shape index (κ2) is 7.57. The number of hydrogen-bond acceptors (Lipinski definition) is 1. The number of amides is 1. The Bertz CT molecular complexity index is 403. The zero-order valence-electron chi connectivity index (χ0n) is 11.4. The van der Waals surface area contributed by atoms with Crippen LogP contribution in [0, 0.1) is 19.8 Å². The molecule has 18 heavy (non-hydrogen) atoms. The highest BCUT2D eigenvalue weighted by Gasteiger charge is 2.11. The zero-order chi connectivity index (χ0) is 13.5. The minimum Gasteiger partial charge on any atom is -0.352 e. The molecular formula is C15H22BrNO. The third-order valence-electron chi connectivity index (χ3n) is 3.27. The maximum atomic E-state index is 12.1. The van der Waals surface area contributed by atoms with E-state index in [4.69, 9.17) is 0 Å². The van der Waals surface area contributed by atoms with E-state index in [0.29, 0.717) is 5.92 Å². The summed E-state index contributed by atoms with van der Waals surface area (Å²) >= 11 is 3.45. The fraction of sp³-hybridized carbons (Fsp3) is 0.533. The lowest BCUT2D eigenvalue weighted by Crippen LogP contribution is -2.29. The van der Waals surface area contributed by atoms with E-state index >= 15 is 0 Å². The summed E-state index contributed by atoms with van der Waals surface area (Å²) in [5, 5.41) is 4.03. The fourth-order valence-corrected chi connectivity index (χ4v) is 2.65. The molecule has 0 aromatic heterocycles. The molecule has 0 aliphatic rings. The molecule has 1 N–H and O–H groups in total. The van der Waals surface area contributed by atoms with Crippen LogP contribution < -0.4 is 5.32 Å². The van der Waals surface area contributed by atoms with E-state index in [-0.39, 0.29) is 5.91 Å². The van der Waals surface area contributed by atoms with Crippen molar-refractivity contribution in [2.75, 3.05) is 11.9 Å². The number of nitrogens with one attached hydrogen (secondary N) is 1. The monoisotopic (exact) mass is 311 g/mol. The summed E-state index contributed by atoms with van der Waals surface area (Å²) in [6, 6.07) is 5.94. The molecular weight excluding hydrogens is 290 g/mol. The van der Waals surface area contributed by atoms with Crippen molar-refractivity contribution in [3.8, 4) is 0 Å². The average molecular weight is 312 g/mol. The second-order valence-corrected chi connectivity index (χ2v) is 5.57. The molecule has 0 radical (unpaired) electrons. The molecule has 0 spiro atoms. The van der Waals surface area contributed by atoms with Gasteiger partial charge in [0.25, 0.3) is 5.91 Å².